The van der Waals surface area contributed by atoms with E-state index in [1.165, 1.54) is 0 Å². The monoisotopic (exact) mass is 206 g/mol. The lowest BCUT2D eigenvalue weighted by atomic mass is 9.81. The first-order valence-electron chi connectivity index (χ1n) is 5.42. The molecule has 1 aromatic heterocycles. The lowest BCUT2D eigenvalue weighted by molar-refractivity contribution is 0.270. The van der Waals surface area contributed by atoms with Gasteiger partial charge in [-0.25, -0.2) is 0 Å². The summed E-state index contributed by atoms with van der Waals surface area (Å²) in [6.07, 6.45) is 2.28. The van der Waals surface area contributed by atoms with Crippen molar-refractivity contribution in [3.8, 4) is 0 Å². The van der Waals surface area contributed by atoms with Crippen molar-refractivity contribution >= 4 is 5.82 Å². The number of anilines is 1. The highest BCUT2D eigenvalue weighted by molar-refractivity contribution is 5.36. The Kier molecular flexibility index (Phi) is 2.86. The highest BCUT2D eigenvalue weighted by Crippen LogP contribution is 2.26. The quantitative estimate of drug-likeness (QED) is 0.800. The van der Waals surface area contributed by atoms with Crippen molar-refractivity contribution in [2.45, 2.75) is 25.8 Å². The minimum Gasteiger partial charge on any atom is -0.358 e. The summed E-state index contributed by atoms with van der Waals surface area (Å²) >= 11 is 0. The molecule has 1 saturated carbocycles. The summed E-state index contributed by atoms with van der Waals surface area (Å²) < 4.78 is 0. The van der Waals surface area contributed by atoms with Crippen molar-refractivity contribution < 1.29 is 0 Å². The second kappa shape index (κ2) is 4.14. The van der Waals surface area contributed by atoms with E-state index in [0.29, 0.717) is 6.04 Å². The second-order valence-electron chi connectivity index (χ2n) is 4.51. The second-order valence-corrected chi connectivity index (χ2v) is 4.51. The predicted octanol–water partition coefficient (Wildman–Crippen LogP) is 0.959. The molecule has 1 fully saturated rings. The Morgan fingerprint density at radius 3 is 2.67 bits per heavy atom. The van der Waals surface area contributed by atoms with Gasteiger partial charge in [-0.3, -0.25) is 0 Å². The Morgan fingerprint density at radius 1 is 1.40 bits per heavy atom. The molecule has 0 radical (unpaired) electrons. The van der Waals surface area contributed by atoms with E-state index in [1.54, 1.807) is 0 Å². The van der Waals surface area contributed by atoms with Gasteiger partial charge in [-0.2, -0.15) is 5.10 Å². The highest BCUT2D eigenvalue weighted by Gasteiger charge is 2.26. The molecule has 1 aromatic rings. The van der Waals surface area contributed by atoms with Crippen LogP contribution in [0.3, 0.4) is 0 Å². The summed E-state index contributed by atoms with van der Waals surface area (Å²) in [7, 11) is 2.06. The number of aryl methyl sites for hydroxylation is 1. The van der Waals surface area contributed by atoms with E-state index in [4.69, 9.17) is 5.73 Å². The van der Waals surface area contributed by atoms with E-state index in [1.807, 2.05) is 19.1 Å². The molecule has 1 aliphatic carbocycles. The first kappa shape index (κ1) is 10.4. The lowest BCUT2D eigenvalue weighted by Crippen LogP contribution is -2.42. The highest BCUT2D eigenvalue weighted by atomic mass is 15.2. The summed E-state index contributed by atoms with van der Waals surface area (Å²) in [5.41, 5.74) is 6.71. The molecule has 15 heavy (non-hydrogen) atoms. The van der Waals surface area contributed by atoms with Crippen LogP contribution in [0.1, 0.15) is 18.5 Å². The van der Waals surface area contributed by atoms with Crippen molar-refractivity contribution in [3.05, 3.63) is 17.8 Å². The van der Waals surface area contributed by atoms with Crippen LogP contribution in [-0.2, 0) is 0 Å². The average molecular weight is 206 g/mol. The van der Waals surface area contributed by atoms with Crippen molar-refractivity contribution in [2.75, 3.05) is 18.5 Å². The molecule has 2 rings (SSSR count). The number of rotatable bonds is 3. The maximum Gasteiger partial charge on any atom is 0.150 e. The normalized spacial score (nSPS) is 24.7. The number of aromatic nitrogens is 2. The first-order valence-corrected chi connectivity index (χ1v) is 5.42. The summed E-state index contributed by atoms with van der Waals surface area (Å²) in [5.74, 6) is 1.68. The van der Waals surface area contributed by atoms with Gasteiger partial charge >= 0.3 is 0 Å². The van der Waals surface area contributed by atoms with Gasteiger partial charge in [0.05, 0.1) is 5.69 Å². The van der Waals surface area contributed by atoms with Crippen LogP contribution < -0.4 is 10.6 Å². The van der Waals surface area contributed by atoms with Crippen molar-refractivity contribution in [1.29, 1.82) is 0 Å². The van der Waals surface area contributed by atoms with Crippen LogP contribution in [0, 0.1) is 12.8 Å². The van der Waals surface area contributed by atoms with Gasteiger partial charge in [0.1, 0.15) is 0 Å². The molecular weight excluding hydrogens is 188 g/mol. The van der Waals surface area contributed by atoms with E-state index < -0.39 is 0 Å². The van der Waals surface area contributed by atoms with E-state index in [-0.39, 0.29) is 0 Å². The molecule has 0 atom stereocenters. The first-order chi connectivity index (χ1) is 7.15. The molecule has 0 aromatic carbocycles. The van der Waals surface area contributed by atoms with Crippen LogP contribution in [-0.4, -0.2) is 29.8 Å². The zero-order valence-corrected chi connectivity index (χ0v) is 9.35. The maximum absolute atomic E-state index is 5.76. The maximum atomic E-state index is 5.76. The zero-order valence-electron chi connectivity index (χ0n) is 9.35. The molecule has 4 heteroatoms. The molecule has 0 amide bonds. The molecule has 4 nitrogen and oxygen atoms in total. The van der Waals surface area contributed by atoms with Gasteiger partial charge in [-0.1, -0.05) is 0 Å². The van der Waals surface area contributed by atoms with E-state index in [2.05, 4.69) is 22.1 Å². The Morgan fingerprint density at radius 2 is 2.13 bits per heavy atom. The van der Waals surface area contributed by atoms with E-state index >= 15 is 0 Å². The Balaban J connectivity index is 1.90. The molecule has 0 saturated heterocycles. The molecule has 0 bridgehead atoms. The van der Waals surface area contributed by atoms with Crippen molar-refractivity contribution in [2.24, 2.45) is 11.7 Å². The van der Waals surface area contributed by atoms with Crippen LogP contribution in [0.15, 0.2) is 12.1 Å². The smallest absolute Gasteiger partial charge is 0.150 e. The van der Waals surface area contributed by atoms with Gasteiger partial charge in [-0.05, 0) is 37.8 Å². The molecule has 0 aliphatic heterocycles. The van der Waals surface area contributed by atoms with Crippen LogP contribution in [0.4, 0.5) is 5.82 Å². The van der Waals surface area contributed by atoms with Crippen LogP contribution in [0.5, 0.6) is 0 Å². The number of nitrogens with zero attached hydrogens (tertiary/aromatic N) is 3. The third-order valence-electron chi connectivity index (χ3n) is 2.98. The van der Waals surface area contributed by atoms with Crippen molar-refractivity contribution in [3.63, 3.8) is 0 Å². The minimum atomic E-state index is 0.424. The fourth-order valence-corrected chi connectivity index (χ4v) is 2.01. The third-order valence-corrected chi connectivity index (χ3v) is 2.98. The molecule has 0 spiro atoms. The number of hydrogen-bond donors (Lipinski definition) is 1. The summed E-state index contributed by atoms with van der Waals surface area (Å²) in [6.45, 7) is 2.98. The van der Waals surface area contributed by atoms with Crippen LogP contribution in [0.25, 0.3) is 0 Å². The Hall–Kier alpha value is -1.16. The molecular formula is C11H18N4. The minimum absolute atomic E-state index is 0.424. The summed E-state index contributed by atoms with van der Waals surface area (Å²) in [6, 6.07) is 4.43. The van der Waals surface area contributed by atoms with Gasteiger partial charge in [0.2, 0.25) is 0 Å². The summed E-state index contributed by atoms with van der Waals surface area (Å²) in [5, 5.41) is 8.20. The van der Waals surface area contributed by atoms with Crippen LogP contribution in [0.2, 0.25) is 0 Å². The van der Waals surface area contributed by atoms with E-state index in [0.717, 1.165) is 36.8 Å². The van der Waals surface area contributed by atoms with Gasteiger partial charge in [0, 0.05) is 19.6 Å². The Labute approximate surface area is 90.5 Å². The van der Waals surface area contributed by atoms with E-state index in [9.17, 15) is 0 Å². The molecule has 1 aliphatic rings. The Bertz CT molecular complexity index is 316. The molecule has 0 unspecified atom stereocenters. The standard InChI is InChI=1S/C11H18N4/c1-8-3-4-11(14-13-8)15(2)7-9-5-10(12)6-9/h3-4,9-10H,5-7,12H2,1-2H3. The number of hydrogen-bond acceptors (Lipinski definition) is 4. The summed E-state index contributed by atoms with van der Waals surface area (Å²) in [4.78, 5) is 2.16. The number of nitrogens with two attached hydrogens (primary N) is 1. The van der Waals surface area contributed by atoms with Gasteiger partial charge in [0.25, 0.3) is 0 Å². The molecule has 2 N–H and O–H groups in total. The zero-order chi connectivity index (χ0) is 10.8. The SMILES string of the molecule is Cc1ccc(N(C)CC2CC(N)C2)nn1. The average Bonchev–Trinajstić information content (AvgIpc) is 2.16. The van der Waals surface area contributed by atoms with Crippen LogP contribution >= 0.6 is 0 Å². The topological polar surface area (TPSA) is 55.0 Å². The van der Waals surface area contributed by atoms with Gasteiger partial charge in [-0.15, -0.1) is 5.10 Å². The fourth-order valence-electron chi connectivity index (χ4n) is 2.01. The van der Waals surface area contributed by atoms with Gasteiger partial charge in [0.15, 0.2) is 5.82 Å². The van der Waals surface area contributed by atoms with Gasteiger partial charge < -0.3 is 10.6 Å². The predicted molar refractivity (Wildman–Crippen MR) is 60.7 cm³/mol. The lowest BCUT2D eigenvalue weighted by Gasteiger charge is -2.35. The third kappa shape index (κ3) is 2.45. The molecule has 82 valence electrons. The largest absolute Gasteiger partial charge is 0.358 e. The molecule has 1 heterocycles. The van der Waals surface area contributed by atoms with Crippen molar-refractivity contribution in [1.82, 2.24) is 10.2 Å². The fraction of sp³-hybridized carbons (Fsp3) is 0.636.